The molecular formula is C17H26O2. The van der Waals surface area contributed by atoms with E-state index in [9.17, 15) is 5.11 Å². The van der Waals surface area contributed by atoms with Crippen molar-refractivity contribution in [2.45, 2.75) is 77.1 Å². The number of hydrogen-bond acceptors (Lipinski definition) is 2. The molecule has 0 bridgehead atoms. The van der Waals surface area contributed by atoms with Gasteiger partial charge in [0.25, 0.3) is 0 Å². The molecule has 1 heterocycles. The van der Waals surface area contributed by atoms with Crippen LogP contribution in [0.3, 0.4) is 0 Å². The molecule has 0 spiro atoms. The molecule has 0 radical (unpaired) electrons. The molecule has 2 heteroatoms. The molecule has 1 saturated heterocycles. The largest absolute Gasteiger partial charge is 0.390 e. The van der Waals surface area contributed by atoms with Crippen molar-refractivity contribution in [2.24, 2.45) is 5.41 Å². The van der Waals surface area contributed by atoms with E-state index in [2.05, 4.69) is 13.5 Å². The van der Waals surface area contributed by atoms with Gasteiger partial charge in [-0.2, -0.15) is 0 Å². The Bertz CT molecular complexity index is 423. The minimum Gasteiger partial charge on any atom is -0.390 e. The third-order valence-corrected chi connectivity index (χ3v) is 5.44. The van der Waals surface area contributed by atoms with Crippen LogP contribution in [0, 0.1) is 5.41 Å². The Balaban J connectivity index is 1.92. The van der Waals surface area contributed by atoms with E-state index in [1.165, 1.54) is 37.7 Å². The maximum Gasteiger partial charge on any atom is 0.105 e. The molecule has 0 amide bonds. The second-order valence-electron chi connectivity index (χ2n) is 6.97. The molecule has 1 aliphatic heterocycles. The number of aliphatic hydroxyl groups excluding tert-OH is 1. The first-order chi connectivity index (χ1) is 9.01. The predicted octanol–water partition coefficient (Wildman–Crippen LogP) is 3.75. The first-order valence-corrected chi connectivity index (χ1v) is 7.72. The summed E-state index contributed by atoms with van der Waals surface area (Å²) in [5.41, 5.74) is 4.39. The van der Waals surface area contributed by atoms with Gasteiger partial charge in [-0.3, -0.25) is 0 Å². The summed E-state index contributed by atoms with van der Waals surface area (Å²) in [4.78, 5) is 0. The lowest BCUT2D eigenvalue weighted by atomic mass is 9.62. The predicted molar refractivity (Wildman–Crippen MR) is 76.9 cm³/mol. The van der Waals surface area contributed by atoms with Gasteiger partial charge in [-0.15, -0.1) is 0 Å². The van der Waals surface area contributed by atoms with Gasteiger partial charge >= 0.3 is 0 Å². The fourth-order valence-corrected chi connectivity index (χ4v) is 4.36. The highest BCUT2D eigenvalue weighted by Gasteiger charge is 2.44. The minimum atomic E-state index is -0.402. The SMILES string of the molecule is C=C(C)[C@H]1O[C@H]2CC[C@]3(C)CCCCC3=C2C[C@H]1O. The van der Waals surface area contributed by atoms with Crippen LogP contribution in [0.2, 0.25) is 0 Å². The standard InChI is InChI=1S/C17H26O2/c1-11(2)16-14(18)10-12-13-6-4-5-8-17(13,3)9-7-15(12)19-16/h14-16,18H,1,4-10H2,2-3H3/t14-,15+,16-,17+/m1/s1. The zero-order chi connectivity index (χ0) is 13.6. The lowest BCUT2D eigenvalue weighted by Crippen LogP contribution is -2.45. The van der Waals surface area contributed by atoms with Gasteiger partial charge in [-0.25, -0.2) is 0 Å². The highest BCUT2D eigenvalue weighted by molar-refractivity contribution is 5.32. The van der Waals surface area contributed by atoms with Crippen molar-refractivity contribution < 1.29 is 9.84 Å². The third-order valence-electron chi connectivity index (χ3n) is 5.44. The summed E-state index contributed by atoms with van der Waals surface area (Å²) in [7, 11) is 0. The lowest BCUT2D eigenvalue weighted by Gasteiger charge is -2.48. The number of hydrogen-bond donors (Lipinski definition) is 1. The lowest BCUT2D eigenvalue weighted by molar-refractivity contribution is -0.0830. The minimum absolute atomic E-state index is 0.165. The maximum absolute atomic E-state index is 10.3. The Morgan fingerprint density at radius 3 is 2.89 bits per heavy atom. The second kappa shape index (κ2) is 4.75. The molecule has 1 N–H and O–H groups in total. The molecule has 0 aromatic carbocycles. The molecule has 4 atom stereocenters. The smallest absolute Gasteiger partial charge is 0.105 e. The molecule has 3 rings (SSSR count). The van der Waals surface area contributed by atoms with Crippen LogP contribution in [-0.2, 0) is 4.74 Å². The van der Waals surface area contributed by atoms with Gasteiger partial charge in [-0.05, 0) is 62.0 Å². The average molecular weight is 262 g/mol. The molecule has 2 fully saturated rings. The summed E-state index contributed by atoms with van der Waals surface area (Å²) in [6.07, 6.45) is 8.04. The fourth-order valence-electron chi connectivity index (χ4n) is 4.36. The summed E-state index contributed by atoms with van der Waals surface area (Å²) in [5, 5.41) is 10.3. The van der Waals surface area contributed by atoms with Crippen LogP contribution in [0.15, 0.2) is 23.3 Å². The normalized spacial score (nSPS) is 42.6. The molecule has 0 aromatic heterocycles. The Hall–Kier alpha value is -0.600. The Morgan fingerprint density at radius 2 is 2.16 bits per heavy atom. The van der Waals surface area contributed by atoms with Crippen molar-refractivity contribution >= 4 is 0 Å². The van der Waals surface area contributed by atoms with Gasteiger partial charge in [0, 0.05) is 0 Å². The van der Waals surface area contributed by atoms with E-state index in [0.29, 0.717) is 5.41 Å². The molecule has 0 aromatic rings. The molecule has 106 valence electrons. The first-order valence-electron chi connectivity index (χ1n) is 7.72. The summed E-state index contributed by atoms with van der Waals surface area (Å²) in [6, 6.07) is 0. The number of fused-ring (bicyclic) bond motifs is 2. The number of ether oxygens (including phenoxy) is 1. The maximum atomic E-state index is 10.3. The van der Waals surface area contributed by atoms with Crippen LogP contribution in [-0.4, -0.2) is 23.4 Å². The van der Waals surface area contributed by atoms with Gasteiger partial charge in [0.15, 0.2) is 0 Å². The molecule has 1 saturated carbocycles. The molecule has 2 aliphatic carbocycles. The summed E-state index contributed by atoms with van der Waals surface area (Å²) < 4.78 is 6.15. The fraction of sp³-hybridized carbons (Fsp3) is 0.765. The van der Waals surface area contributed by atoms with E-state index in [-0.39, 0.29) is 12.2 Å². The summed E-state index contributed by atoms with van der Waals surface area (Å²) in [5.74, 6) is 0. The van der Waals surface area contributed by atoms with Gasteiger partial charge in [0.1, 0.15) is 6.10 Å². The second-order valence-corrected chi connectivity index (χ2v) is 6.97. The zero-order valence-electron chi connectivity index (χ0n) is 12.2. The number of aliphatic hydroxyl groups is 1. The van der Waals surface area contributed by atoms with Crippen molar-refractivity contribution in [1.29, 1.82) is 0 Å². The van der Waals surface area contributed by atoms with Crippen molar-refractivity contribution in [2.75, 3.05) is 0 Å². The topological polar surface area (TPSA) is 29.5 Å². The van der Waals surface area contributed by atoms with Crippen LogP contribution in [0.4, 0.5) is 0 Å². The third kappa shape index (κ3) is 2.19. The van der Waals surface area contributed by atoms with E-state index in [0.717, 1.165) is 18.4 Å². The average Bonchev–Trinajstić information content (AvgIpc) is 2.37. The van der Waals surface area contributed by atoms with Crippen molar-refractivity contribution in [3.8, 4) is 0 Å². The molecular weight excluding hydrogens is 236 g/mol. The molecule has 2 nitrogen and oxygen atoms in total. The highest BCUT2D eigenvalue weighted by atomic mass is 16.5. The summed E-state index contributed by atoms with van der Waals surface area (Å²) in [6.45, 7) is 8.34. The highest BCUT2D eigenvalue weighted by Crippen LogP contribution is 2.52. The van der Waals surface area contributed by atoms with Crippen molar-refractivity contribution in [3.05, 3.63) is 23.3 Å². The Kier molecular flexibility index (Phi) is 3.34. The van der Waals surface area contributed by atoms with Crippen LogP contribution in [0.5, 0.6) is 0 Å². The molecule has 0 unspecified atom stereocenters. The molecule has 19 heavy (non-hydrogen) atoms. The first kappa shape index (κ1) is 13.4. The quantitative estimate of drug-likeness (QED) is 0.729. The summed E-state index contributed by atoms with van der Waals surface area (Å²) >= 11 is 0. The number of allylic oxidation sites excluding steroid dienone is 1. The Labute approximate surface area is 116 Å². The van der Waals surface area contributed by atoms with Gasteiger partial charge < -0.3 is 9.84 Å². The van der Waals surface area contributed by atoms with E-state index in [1.54, 1.807) is 5.57 Å². The molecule has 3 aliphatic rings. The monoisotopic (exact) mass is 262 g/mol. The van der Waals surface area contributed by atoms with E-state index < -0.39 is 6.10 Å². The van der Waals surface area contributed by atoms with Gasteiger partial charge in [0.05, 0.1) is 12.2 Å². The Morgan fingerprint density at radius 1 is 1.37 bits per heavy atom. The van der Waals surface area contributed by atoms with E-state index in [1.807, 2.05) is 6.92 Å². The van der Waals surface area contributed by atoms with Crippen LogP contribution in [0.25, 0.3) is 0 Å². The zero-order valence-corrected chi connectivity index (χ0v) is 12.2. The van der Waals surface area contributed by atoms with Crippen molar-refractivity contribution in [3.63, 3.8) is 0 Å². The van der Waals surface area contributed by atoms with Crippen LogP contribution >= 0.6 is 0 Å². The van der Waals surface area contributed by atoms with Crippen LogP contribution in [0.1, 0.15) is 58.8 Å². The van der Waals surface area contributed by atoms with Crippen molar-refractivity contribution in [1.82, 2.24) is 0 Å². The van der Waals surface area contributed by atoms with E-state index >= 15 is 0 Å². The number of rotatable bonds is 1. The van der Waals surface area contributed by atoms with Gasteiger partial charge in [-0.1, -0.05) is 25.5 Å². The van der Waals surface area contributed by atoms with Crippen LogP contribution < -0.4 is 0 Å². The van der Waals surface area contributed by atoms with Gasteiger partial charge in [0.2, 0.25) is 0 Å². The van der Waals surface area contributed by atoms with E-state index in [4.69, 9.17) is 4.74 Å².